The summed E-state index contributed by atoms with van der Waals surface area (Å²) in [5.41, 5.74) is -0.0383. The van der Waals surface area contributed by atoms with Crippen LogP contribution in [0.3, 0.4) is 0 Å². The quantitative estimate of drug-likeness (QED) is 0.104. The molecule has 502 valence electrons. The number of alkyl halides is 6. The molecule has 3 aliphatic heterocycles. The Bertz CT molecular complexity index is 4180. The van der Waals surface area contributed by atoms with E-state index >= 15 is 0 Å². The summed E-state index contributed by atoms with van der Waals surface area (Å²) in [5.74, 6) is -1.61. The molecule has 0 N–H and O–H groups in total. The van der Waals surface area contributed by atoms with Crippen molar-refractivity contribution in [2.24, 2.45) is 0 Å². The van der Waals surface area contributed by atoms with E-state index in [4.69, 9.17) is 57.8 Å². The first kappa shape index (κ1) is 69.5. The van der Waals surface area contributed by atoms with Crippen molar-refractivity contribution in [3.05, 3.63) is 195 Å². The van der Waals surface area contributed by atoms with Crippen LogP contribution in [0.15, 0.2) is 144 Å². The second kappa shape index (κ2) is 30.2. The monoisotopic (exact) mass is 1390 g/mol. The standard InChI is InChI=1S/C23H21ClF3N5O2.C22H18ClF4N3O3.C21H19ClFN3O3/c1-13-9-16(20-28-6-4-7-29-20)19(30-11-13)22(33)32-8-3-5-18(14(32)2)34-21-17(24)10-15(12-31-21)23(25,26)27;1-12-17(33-19-15(23)10-13(11-29-19)22(25,26)27)6-3-8-30(12)21(31)14-4-2-5-16(24)18(14)20-28-7-9-32-20;1-13-17(29-18-8-7-14(22)12-25-18)6-3-10-26(13)21(27)15-4-2-5-16(23)19(15)20-24-9-11-28-20/h4,6-7,9-12,14,18H,3,5,8H2,1-2H3;2,4-5,7,9-12,17H,3,6,8H2,1H3;2,4-5,7-9,11-13,17H,3,6,10H2,1H3/t14-,18+;12-,17+;13-,17+/m000/s1. The first-order chi connectivity index (χ1) is 45.9. The van der Waals surface area contributed by atoms with Crippen LogP contribution in [0.1, 0.15) is 107 Å². The van der Waals surface area contributed by atoms with Crippen LogP contribution in [-0.2, 0) is 12.4 Å². The number of halogens is 11. The average Bonchev–Trinajstić information content (AvgIpc) is 0.874. The molecule has 0 saturated carbocycles. The Balaban J connectivity index is 0.000000157. The van der Waals surface area contributed by atoms with E-state index in [1.165, 1.54) is 66.3 Å². The van der Waals surface area contributed by atoms with Crippen LogP contribution in [0.5, 0.6) is 17.6 Å². The first-order valence-corrected chi connectivity index (χ1v) is 31.1. The van der Waals surface area contributed by atoms with Crippen LogP contribution in [0.4, 0.5) is 35.1 Å². The number of ether oxygens (including phenoxy) is 3. The second-order valence-electron chi connectivity index (χ2n) is 22.4. The SMILES string of the molecule is C[C@H]1[C@H](Oc2ccc(Cl)cn2)CCCN1C(=O)c1cccc(F)c1-c1ncco1.C[C@H]1[C@H](Oc2ncc(C(F)(F)F)cc2Cl)CCCN1C(=O)c1cccc(F)c1-c1ncco1.Cc1cnc(C(=O)N2CCC[C@@H](Oc3ncc(C(F)(F)F)cc3Cl)[C@@H]2C)c(-c2ncccn2)c1. The van der Waals surface area contributed by atoms with E-state index in [9.17, 15) is 49.5 Å². The molecule has 0 bridgehead atoms. The van der Waals surface area contributed by atoms with Crippen molar-refractivity contribution in [1.29, 1.82) is 0 Å². The smallest absolute Gasteiger partial charge is 0.417 e. The van der Waals surface area contributed by atoms with Crippen molar-refractivity contribution in [3.63, 3.8) is 0 Å². The van der Waals surface area contributed by atoms with Crippen molar-refractivity contribution in [2.45, 2.75) is 115 Å². The largest absolute Gasteiger partial charge is 0.472 e. The van der Waals surface area contributed by atoms with Crippen molar-refractivity contribution in [3.8, 4) is 51.9 Å². The summed E-state index contributed by atoms with van der Waals surface area (Å²) < 4.78 is 134. The maximum atomic E-state index is 14.6. The number of pyridine rings is 4. The zero-order valence-corrected chi connectivity index (χ0v) is 53.6. The molecule has 2 aromatic carbocycles. The summed E-state index contributed by atoms with van der Waals surface area (Å²) in [6.07, 6.45) is 6.40. The minimum atomic E-state index is -4.58. The summed E-state index contributed by atoms with van der Waals surface area (Å²) in [4.78, 5) is 77.5. The number of hydrogen-bond acceptors (Lipinski definition) is 16. The van der Waals surface area contributed by atoms with E-state index in [1.54, 1.807) is 59.6 Å². The molecule has 7 aromatic heterocycles. The molecular weight excluding hydrogens is 1330 g/mol. The lowest BCUT2D eigenvalue weighted by atomic mass is 9.97. The number of amides is 3. The zero-order chi connectivity index (χ0) is 68.6. The molecule has 9 aromatic rings. The van der Waals surface area contributed by atoms with Gasteiger partial charge in [-0.05, 0) is 126 Å². The molecule has 12 rings (SSSR count). The number of aromatic nitrogens is 8. The molecule has 0 radical (unpaired) electrons. The van der Waals surface area contributed by atoms with Crippen LogP contribution in [-0.4, -0.2) is 128 Å². The lowest BCUT2D eigenvalue weighted by Gasteiger charge is -2.39. The predicted molar refractivity (Wildman–Crippen MR) is 334 cm³/mol. The summed E-state index contributed by atoms with van der Waals surface area (Å²) in [6, 6.07) is 15.8. The van der Waals surface area contributed by atoms with Crippen LogP contribution >= 0.6 is 34.8 Å². The van der Waals surface area contributed by atoms with Gasteiger partial charge in [0.05, 0.1) is 74.5 Å². The van der Waals surface area contributed by atoms with E-state index in [0.717, 1.165) is 30.5 Å². The lowest BCUT2D eigenvalue weighted by molar-refractivity contribution is -0.138. The fourth-order valence-corrected chi connectivity index (χ4v) is 11.7. The predicted octanol–water partition coefficient (Wildman–Crippen LogP) is 15.2. The van der Waals surface area contributed by atoms with Gasteiger partial charge >= 0.3 is 12.4 Å². The van der Waals surface area contributed by atoms with Crippen LogP contribution in [0, 0.1) is 18.6 Å². The zero-order valence-electron chi connectivity index (χ0n) is 51.4. The summed E-state index contributed by atoms with van der Waals surface area (Å²) >= 11 is 17.8. The Morgan fingerprint density at radius 3 is 1.40 bits per heavy atom. The van der Waals surface area contributed by atoms with Gasteiger partial charge in [-0.3, -0.25) is 19.4 Å². The fraction of sp³-hybridized carbons (Fsp3) is 0.318. The molecule has 10 heterocycles. The van der Waals surface area contributed by atoms with Gasteiger partial charge in [-0.15, -0.1) is 0 Å². The number of carbonyl (C=O) groups is 3. The molecule has 0 aliphatic carbocycles. The van der Waals surface area contributed by atoms with E-state index in [1.807, 2.05) is 26.8 Å². The molecule has 3 fully saturated rings. The summed E-state index contributed by atoms with van der Waals surface area (Å²) in [6.45, 7) is 8.74. The first-order valence-electron chi connectivity index (χ1n) is 30.0. The van der Waals surface area contributed by atoms with Crippen LogP contribution in [0.2, 0.25) is 15.1 Å². The van der Waals surface area contributed by atoms with Crippen molar-refractivity contribution < 1.29 is 72.6 Å². The topological polar surface area (TPSA) is 218 Å². The Labute approximate surface area is 558 Å². The maximum Gasteiger partial charge on any atom is 0.417 e. The molecule has 6 atom stereocenters. The number of carbonyl (C=O) groups excluding carboxylic acids is 3. The van der Waals surface area contributed by atoms with Crippen molar-refractivity contribution in [2.75, 3.05) is 19.6 Å². The van der Waals surface area contributed by atoms with Gasteiger partial charge in [0.2, 0.25) is 29.4 Å². The highest BCUT2D eigenvalue weighted by atomic mass is 35.5. The van der Waals surface area contributed by atoms with E-state index in [-0.39, 0.29) is 85.5 Å². The summed E-state index contributed by atoms with van der Waals surface area (Å²) in [7, 11) is 0. The Kier molecular flexibility index (Phi) is 21.8. The molecule has 30 heteroatoms. The third-order valence-electron chi connectivity index (χ3n) is 16.1. The number of likely N-dealkylation sites (tertiary alicyclic amines) is 3. The Morgan fingerprint density at radius 2 is 0.979 bits per heavy atom. The van der Waals surface area contributed by atoms with Gasteiger partial charge in [-0.25, -0.2) is 43.7 Å². The molecule has 3 saturated heterocycles. The highest BCUT2D eigenvalue weighted by molar-refractivity contribution is 6.32. The maximum absolute atomic E-state index is 14.6. The van der Waals surface area contributed by atoms with Gasteiger partial charge < -0.3 is 37.7 Å². The number of nitrogens with zero attached hydrogens (tertiary/aromatic N) is 11. The molecular formula is C66H58Cl3F8N11O8. The van der Waals surface area contributed by atoms with Gasteiger partial charge in [0.1, 0.15) is 58.2 Å². The highest BCUT2D eigenvalue weighted by Crippen LogP contribution is 2.38. The number of oxazole rings is 2. The Hall–Kier alpha value is -9.34. The van der Waals surface area contributed by atoms with Gasteiger partial charge in [0, 0.05) is 62.9 Å². The number of aryl methyl sites for hydroxylation is 1. The number of rotatable bonds is 12. The molecule has 0 unspecified atom stereocenters. The van der Waals surface area contributed by atoms with Crippen LogP contribution < -0.4 is 14.2 Å². The van der Waals surface area contributed by atoms with Crippen molar-refractivity contribution >= 4 is 52.5 Å². The highest BCUT2D eigenvalue weighted by Gasteiger charge is 2.40. The average molecular weight is 1390 g/mol. The number of piperidine rings is 3. The van der Waals surface area contributed by atoms with Gasteiger partial charge in [0.25, 0.3) is 17.7 Å². The Morgan fingerprint density at radius 1 is 0.521 bits per heavy atom. The molecule has 96 heavy (non-hydrogen) atoms. The molecule has 3 amide bonds. The third kappa shape index (κ3) is 16.1. The van der Waals surface area contributed by atoms with E-state index in [0.29, 0.717) is 80.0 Å². The second-order valence-corrected chi connectivity index (χ2v) is 23.7. The minimum Gasteiger partial charge on any atom is -0.472 e. The van der Waals surface area contributed by atoms with E-state index < -0.39 is 65.3 Å². The third-order valence-corrected chi connectivity index (χ3v) is 16.9. The van der Waals surface area contributed by atoms with Gasteiger partial charge in [-0.2, -0.15) is 26.3 Å². The molecule has 0 spiro atoms. The van der Waals surface area contributed by atoms with E-state index in [2.05, 4.69) is 39.9 Å². The number of hydrogen-bond donors (Lipinski definition) is 0. The van der Waals surface area contributed by atoms with Crippen LogP contribution in [0.25, 0.3) is 34.3 Å². The number of benzene rings is 2. The molecule has 3 aliphatic rings. The molecule has 19 nitrogen and oxygen atoms in total. The van der Waals surface area contributed by atoms with Gasteiger partial charge in [0.15, 0.2) is 5.82 Å². The van der Waals surface area contributed by atoms with Crippen molar-refractivity contribution in [1.82, 2.24) is 54.6 Å². The minimum absolute atomic E-state index is 0.0188. The lowest BCUT2D eigenvalue weighted by Crippen LogP contribution is -2.51. The summed E-state index contributed by atoms with van der Waals surface area (Å²) in [5, 5.41) is 0.00184. The fourth-order valence-electron chi connectivity index (χ4n) is 11.2. The normalized spacial score (nSPS) is 18.9. The van der Waals surface area contributed by atoms with Gasteiger partial charge in [-0.1, -0.05) is 46.9 Å².